The van der Waals surface area contributed by atoms with Gasteiger partial charge in [0.05, 0.1) is 51.2 Å². The van der Waals surface area contributed by atoms with Gasteiger partial charge in [0.2, 0.25) is 8.32 Å². The lowest BCUT2D eigenvalue weighted by Crippen LogP contribution is -2.63. The van der Waals surface area contributed by atoms with Crippen LogP contribution in [0.2, 0.25) is 16.6 Å². The highest BCUT2D eigenvalue weighted by Gasteiger charge is 2.54. The van der Waals surface area contributed by atoms with E-state index < -0.39 is 62.3 Å². The summed E-state index contributed by atoms with van der Waals surface area (Å²) in [6.07, 6.45) is -6.55. The molecule has 0 aliphatic carbocycles. The maximum absolute atomic E-state index is 13.2. The number of rotatable bonds is 25. The van der Waals surface area contributed by atoms with Crippen molar-refractivity contribution >= 4 is 8.32 Å². The third-order valence-corrected chi connectivity index (χ3v) is 19.2. The summed E-state index contributed by atoms with van der Waals surface area (Å²) in [5.74, 6) is 0. The average Bonchev–Trinajstić information content (AvgIpc) is 3.36. The largest absolute Gasteiger partial charge is 0.486 e. The second kappa shape index (κ2) is 25.7. The molecule has 7 rings (SSSR count). The number of ether oxygens (including phenoxy) is 8. The van der Waals surface area contributed by atoms with Crippen LogP contribution < -0.4 is 0 Å². The molecule has 69 heavy (non-hydrogen) atoms. The maximum atomic E-state index is 13.2. The van der Waals surface area contributed by atoms with Crippen LogP contribution in [-0.2, 0) is 75.4 Å². The van der Waals surface area contributed by atoms with E-state index in [1.807, 2.05) is 152 Å². The van der Waals surface area contributed by atoms with Gasteiger partial charge in [0, 0.05) is 0 Å². The fourth-order valence-corrected chi connectivity index (χ4v) is 15.2. The summed E-state index contributed by atoms with van der Waals surface area (Å²) in [5.41, 5.74) is 5.18. The molecule has 0 saturated carbocycles. The maximum Gasteiger partial charge on any atom is 0.311 e. The molecule has 1 fully saturated rings. The van der Waals surface area contributed by atoms with E-state index in [0.717, 1.165) is 27.8 Å². The summed E-state index contributed by atoms with van der Waals surface area (Å²) in [6.45, 7) is 14.6. The van der Waals surface area contributed by atoms with Gasteiger partial charge in [0.1, 0.15) is 36.6 Å². The molecule has 2 heterocycles. The topological polar surface area (TPSA) is 126 Å². The normalized spacial score (nSPS) is 22.9. The van der Waals surface area contributed by atoms with Crippen molar-refractivity contribution in [3.05, 3.63) is 202 Å². The minimum absolute atomic E-state index is 0.0766. The zero-order chi connectivity index (χ0) is 48.6. The minimum atomic E-state index is -2.44. The Labute approximate surface area is 409 Å². The van der Waals surface area contributed by atoms with E-state index in [1.54, 1.807) is 0 Å². The van der Waals surface area contributed by atoms with E-state index in [0.29, 0.717) is 6.61 Å². The molecule has 5 aromatic carbocycles. The van der Waals surface area contributed by atoms with E-state index in [4.69, 9.17) is 42.3 Å². The number of benzene rings is 5. The van der Waals surface area contributed by atoms with E-state index in [2.05, 4.69) is 41.5 Å². The van der Waals surface area contributed by atoms with Crippen molar-refractivity contribution in [1.29, 1.82) is 0 Å². The highest BCUT2D eigenvalue weighted by Crippen LogP contribution is 2.43. The summed E-state index contributed by atoms with van der Waals surface area (Å²) in [7, 11) is -2.44. The Kier molecular flexibility index (Phi) is 19.3. The molecule has 1 saturated heterocycles. The van der Waals surface area contributed by atoms with E-state index >= 15 is 0 Å². The third kappa shape index (κ3) is 13.8. The van der Waals surface area contributed by atoms with Gasteiger partial charge in [-0.3, -0.25) is 10.1 Å². The molecule has 13 heteroatoms. The molecule has 2 aliphatic heterocycles. The van der Waals surface area contributed by atoms with Gasteiger partial charge in [-0.15, -0.1) is 0 Å². The lowest BCUT2D eigenvalue weighted by atomic mass is 9.97. The van der Waals surface area contributed by atoms with Crippen molar-refractivity contribution in [3.8, 4) is 0 Å². The Hall–Kier alpha value is -5.06. The van der Waals surface area contributed by atoms with Crippen molar-refractivity contribution in [2.75, 3.05) is 13.2 Å². The molecule has 2 aliphatic rings. The molecule has 368 valence electrons. The van der Waals surface area contributed by atoms with Crippen LogP contribution in [0.25, 0.3) is 0 Å². The molecule has 12 nitrogen and oxygen atoms in total. The zero-order valence-corrected chi connectivity index (χ0v) is 41.7. The molecule has 0 unspecified atom stereocenters. The molecule has 0 bridgehead atoms. The van der Waals surface area contributed by atoms with Crippen LogP contribution in [0.15, 0.2) is 164 Å². The molecule has 8 atom stereocenters. The SMILES string of the molecule is CC(C)[Si](OC[C@H]1OC=C([N+](=O)[O-])[C@@H](O[C@@H]2O[C@H](COCc3ccccc3)[C@H](OCc3ccccc3)[C@H](OCc3ccccc3)[C@H]2OCc2ccccc2)[C@H]1OCc1ccccc1)(C(C)C)C(C)C. The molecular weight excluding hydrogens is 891 g/mol. The van der Waals surface area contributed by atoms with Gasteiger partial charge in [-0.2, -0.15) is 0 Å². The summed E-state index contributed by atoms with van der Waals surface area (Å²) in [5, 5.41) is 13.2. The first-order valence-electron chi connectivity index (χ1n) is 24.2. The van der Waals surface area contributed by atoms with Gasteiger partial charge < -0.3 is 42.3 Å². The van der Waals surface area contributed by atoms with Gasteiger partial charge in [-0.05, 0) is 44.4 Å². The number of hydrogen-bond donors (Lipinski definition) is 0. The number of nitrogens with zero attached hydrogens (tertiary/aromatic N) is 1. The fraction of sp³-hybridized carbons (Fsp3) is 0.429. The van der Waals surface area contributed by atoms with Crippen molar-refractivity contribution in [2.45, 2.75) is 140 Å². The third-order valence-electron chi connectivity index (χ3n) is 13.1. The lowest BCUT2D eigenvalue weighted by Gasteiger charge is -2.47. The smallest absolute Gasteiger partial charge is 0.311 e. The van der Waals surface area contributed by atoms with E-state index in [-0.39, 0.29) is 62.0 Å². The monoisotopic (exact) mass is 959 g/mol. The number of nitro groups is 1. The van der Waals surface area contributed by atoms with Gasteiger partial charge in [-0.1, -0.05) is 193 Å². The fourth-order valence-electron chi connectivity index (χ4n) is 9.78. The molecule has 5 aromatic rings. The second-order valence-electron chi connectivity index (χ2n) is 18.7. The highest BCUT2D eigenvalue weighted by molar-refractivity contribution is 6.77. The average molecular weight is 960 g/mol. The zero-order valence-electron chi connectivity index (χ0n) is 40.7. The van der Waals surface area contributed by atoms with Gasteiger partial charge in [0.25, 0.3) is 0 Å². The van der Waals surface area contributed by atoms with E-state index in [1.165, 1.54) is 6.26 Å². The van der Waals surface area contributed by atoms with Gasteiger partial charge in [-0.25, -0.2) is 0 Å². The van der Waals surface area contributed by atoms with Crippen LogP contribution in [0.1, 0.15) is 69.4 Å². The number of hydrogen-bond acceptors (Lipinski definition) is 11. The molecule has 0 spiro atoms. The van der Waals surface area contributed by atoms with Crippen molar-refractivity contribution in [3.63, 3.8) is 0 Å². The Balaban J connectivity index is 1.29. The van der Waals surface area contributed by atoms with Crippen LogP contribution in [0.3, 0.4) is 0 Å². The molecule has 0 radical (unpaired) electrons. The first-order valence-corrected chi connectivity index (χ1v) is 26.4. The van der Waals surface area contributed by atoms with E-state index in [9.17, 15) is 10.1 Å². The summed E-state index contributed by atoms with van der Waals surface area (Å²) in [6, 6.07) is 49.1. The minimum Gasteiger partial charge on any atom is -0.486 e. The predicted molar refractivity (Wildman–Crippen MR) is 267 cm³/mol. The molecular formula is C56H69NO11Si. The van der Waals surface area contributed by atoms with Gasteiger partial charge >= 0.3 is 5.70 Å². The summed E-state index contributed by atoms with van der Waals surface area (Å²) < 4.78 is 61.5. The van der Waals surface area contributed by atoms with Crippen LogP contribution in [-0.4, -0.2) is 75.5 Å². The summed E-state index contributed by atoms with van der Waals surface area (Å²) in [4.78, 5) is 12.7. The molecule has 0 aromatic heterocycles. The van der Waals surface area contributed by atoms with Crippen LogP contribution in [0.5, 0.6) is 0 Å². The summed E-state index contributed by atoms with van der Waals surface area (Å²) >= 11 is 0. The first-order chi connectivity index (χ1) is 33.5. The molecule has 0 N–H and O–H groups in total. The quantitative estimate of drug-likeness (QED) is 0.0315. The highest BCUT2D eigenvalue weighted by atomic mass is 28.4. The Morgan fingerprint density at radius 2 is 0.899 bits per heavy atom. The van der Waals surface area contributed by atoms with Crippen molar-refractivity contribution in [2.24, 2.45) is 0 Å². The first kappa shape index (κ1) is 51.8. The van der Waals surface area contributed by atoms with Crippen molar-refractivity contribution in [1.82, 2.24) is 0 Å². The van der Waals surface area contributed by atoms with Crippen LogP contribution >= 0.6 is 0 Å². The van der Waals surface area contributed by atoms with Gasteiger partial charge in [0.15, 0.2) is 18.7 Å². The predicted octanol–water partition coefficient (Wildman–Crippen LogP) is 11.4. The Morgan fingerprint density at radius 1 is 0.507 bits per heavy atom. The Morgan fingerprint density at radius 3 is 1.32 bits per heavy atom. The Bertz CT molecular complexity index is 2270. The second-order valence-corrected chi connectivity index (χ2v) is 24.2. The van der Waals surface area contributed by atoms with Crippen molar-refractivity contribution < 1.29 is 47.2 Å². The standard InChI is InChI=1S/C56H69NO11Si/c1-40(2)69(41(3)4,42(5)6)66-39-49-52(62-33-44-24-14-8-15-25-44)51(48(37-61-49)57(58)59)68-56-55(65-36-47-30-20-11-21-31-47)54(64-35-46-28-18-10-19-29-46)53(63-34-45-26-16-9-17-27-45)50(67-56)38-60-32-43-22-12-7-13-23-43/h7-31,37,40-42,49-56H,32-36,38-39H2,1-6H3/t49-,50-,51-,52+,53+,54+,55-,56+/m1/s1. The molecule has 0 amide bonds. The lowest BCUT2D eigenvalue weighted by molar-refractivity contribution is -0.454. The van der Waals surface area contributed by atoms with Crippen LogP contribution in [0.4, 0.5) is 0 Å². The van der Waals surface area contributed by atoms with Crippen LogP contribution in [0, 0.1) is 10.1 Å².